The third-order valence-corrected chi connectivity index (χ3v) is 3.35. The Morgan fingerprint density at radius 3 is 2.94 bits per heavy atom. The first-order chi connectivity index (χ1) is 7.86. The summed E-state index contributed by atoms with van der Waals surface area (Å²) in [5, 5.41) is 12.5. The molecule has 1 aliphatic rings. The highest BCUT2D eigenvalue weighted by Crippen LogP contribution is 2.13. The van der Waals surface area contributed by atoms with Gasteiger partial charge in [0.05, 0.1) is 6.61 Å². The summed E-state index contributed by atoms with van der Waals surface area (Å²) in [6, 6.07) is 0. The average Bonchev–Trinajstić information content (AvgIpc) is 2.31. The summed E-state index contributed by atoms with van der Waals surface area (Å²) in [5.41, 5.74) is 0. The third kappa shape index (κ3) is 5.83. The molecule has 0 amide bonds. The fourth-order valence-electron chi connectivity index (χ4n) is 2.40. The van der Waals surface area contributed by atoms with Gasteiger partial charge in [-0.1, -0.05) is 13.3 Å². The van der Waals surface area contributed by atoms with Crippen LogP contribution in [0.25, 0.3) is 0 Å². The van der Waals surface area contributed by atoms with E-state index < -0.39 is 0 Å². The van der Waals surface area contributed by atoms with Gasteiger partial charge in [0, 0.05) is 19.8 Å². The Balaban J connectivity index is 2.06. The molecule has 3 nitrogen and oxygen atoms in total. The molecule has 1 saturated heterocycles. The van der Waals surface area contributed by atoms with E-state index >= 15 is 0 Å². The number of rotatable bonds is 8. The van der Waals surface area contributed by atoms with Gasteiger partial charge < -0.3 is 15.2 Å². The normalized spacial score (nSPS) is 23.2. The zero-order valence-corrected chi connectivity index (χ0v) is 10.6. The van der Waals surface area contributed by atoms with E-state index in [1.165, 1.54) is 25.7 Å². The molecule has 1 rings (SSSR count). The number of hydrogen-bond donors (Lipinski definition) is 2. The second-order valence-electron chi connectivity index (χ2n) is 4.91. The highest BCUT2D eigenvalue weighted by molar-refractivity contribution is 4.68. The second-order valence-corrected chi connectivity index (χ2v) is 4.91. The first-order valence-electron chi connectivity index (χ1n) is 6.76. The largest absolute Gasteiger partial charge is 0.396 e. The van der Waals surface area contributed by atoms with Crippen molar-refractivity contribution in [2.45, 2.75) is 39.0 Å². The van der Waals surface area contributed by atoms with Gasteiger partial charge in [0.1, 0.15) is 0 Å². The minimum absolute atomic E-state index is 0.318. The van der Waals surface area contributed by atoms with Crippen LogP contribution in [-0.4, -0.2) is 38.0 Å². The SMILES string of the molecule is CCCC(CCO)CNCC1CCCOC1. The zero-order valence-electron chi connectivity index (χ0n) is 10.6. The lowest BCUT2D eigenvalue weighted by atomic mass is 9.99. The highest BCUT2D eigenvalue weighted by atomic mass is 16.5. The Morgan fingerprint density at radius 1 is 1.44 bits per heavy atom. The lowest BCUT2D eigenvalue weighted by Crippen LogP contribution is -2.32. The predicted molar refractivity (Wildman–Crippen MR) is 66.5 cm³/mol. The van der Waals surface area contributed by atoms with Crippen LogP contribution < -0.4 is 5.32 Å². The molecule has 0 bridgehead atoms. The molecule has 1 fully saturated rings. The molecule has 1 heterocycles. The van der Waals surface area contributed by atoms with Crippen molar-refractivity contribution in [2.75, 3.05) is 32.9 Å². The summed E-state index contributed by atoms with van der Waals surface area (Å²) >= 11 is 0. The Labute approximate surface area is 99.6 Å². The van der Waals surface area contributed by atoms with Crippen LogP contribution >= 0.6 is 0 Å². The molecule has 2 atom stereocenters. The number of nitrogens with one attached hydrogen (secondary N) is 1. The van der Waals surface area contributed by atoms with Gasteiger partial charge in [0.15, 0.2) is 0 Å². The Bertz CT molecular complexity index is 152. The van der Waals surface area contributed by atoms with E-state index in [1.54, 1.807) is 0 Å². The van der Waals surface area contributed by atoms with E-state index in [0.717, 1.165) is 32.7 Å². The lowest BCUT2D eigenvalue weighted by molar-refractivity contribution is 0.0543. The van der Waals surface area contributed by atoms with Crippen molar-refractivity contribution < 1.29 is 9.84 Å². The topological polar surface area (TPSA) is 41.5 Å². The van der Waals surface area contributed by atoms with Crippen molar-refractivity contribution >= 4 is 0 Å². The maximum Gasteiger partial charge on any atom is 0.0506 e. The van der Waals surface area contributed by atoms with Gasteiger partial charge in [-0.3, -0.25) is 0 Å². The molecule has 1 aliphatic heterocycles. The van der Waals surface area contributed by atoms with Crippen LogP contribution in [0.3, 0.4) is 0 Å². The van der Waals surface area contributed by atoms with E-state index in [1.807, 2.05) is 0 Å². The van der Waals surface area contributed by atoms with Gasteiger partial charge in [-0.05, 0) is 44.1 Å². The summed E-state index contributed by atoms with van der Waals surface area (Å²) in [7, 11) is 0. The zero-order chi connectivity index (χ0) is 11.6. The Kier molecular flexibility index (Phi) is 7.81. The average molecular weight is 229 g/mol. The summed E-state index contributed by atoms with van der Waals surface area (Å²) < 4.78 is 5.45. The van der Waals surface area contributed by atoms with Gasteiger partial charge in [-0.25, -0.2) is 0 Å². The Morgan fingerprint density at radius 2 is 2.31 bits per heavy atom. The predicted octanol–water partition coefficient (Wildman–Crippen LogP) is 1.80. The smallest absolute Gasteiger partial charge is 0.0506 e. The molecule has 0 saturated carbocycles. The van der Waals surface area contributed by atoms with Crippen LogP contribution in [0.2, 0.25) is 0 Å². The van der Waals surface area contributed by atoms with E-state index in [9.17, 15) is 0 Å². The van der Waals surface area contributed by atoms with E-state index in [0.29, 0.717) is 18.4 Å². The summed E-state index contributed by atoms with van der Waals surface area (Å²) in [5.74, 6) is 1.34. The van der Waals surface area contributed by atoms with Gasteiger partial charge in [0.25, 0.3) is 0 Å². The van der Waals surface area contributed by atoms with Gasteiger partial charge in [-0.15, -0.1) is 0 Å². The monoisotopic (exact) mass is 229 g/mol. The van der Waals surface area contributed by atoms with Gasteiger partial charge >= 0.3 is 0 Å². The minimum atomic E-state index is 0.318. The fourth-order valence-corrected chi connectivity index (χ4v) is 2.40. The molecule has 2 unspecified atom stereocenters. The number of aliphatic hydroxyl groups excluding tert-OH is 1. The standard InChI is InChI=1S/C13H27NO2/c1-2-4-12(6-7-15)9-14-10-13-5-3-8-16-11-13/h12-15H,2-11H2,1H3. The third-order valence-electron chi connectivity index (χ3n) is 3.35. The van der Waals surface area contributed by atoms with E-state index in [4.69, 9.17) is 9.84 Å². The van der Waals surface area contributed by atoms with E-state index in [-0.39, 0.29) is 0 Å². The number of ether oxygens (including phenoxy) is 1. The van der Waals surface area contributed by atoms with Crippen molar-refractivity contribution in [2.24, 2.45) is 11.8 Å². The number of aliphatic hydroxyl groups is 1. The molecular formula is C13H27NO2. The molecule has 0 aliphatic carbocycles. The van der Waals surface area contributed by atoms with Crippen molar-refractivity contribution in [1.82, 2.24) is 5.32 Å². The molecule has 0 radical (unpaired) electrons. The van der Waals surface area contributed by atoms with Crippen molar-refractivity contribution in [3.63, 3.8) is 0 Å². The van der Waals surface area contributed by atoms with Crippen LogP contribution in [0.4, 0.5) is 0 Å². The maximum absolute atomic E-state index is 8.96. The quantitative estimate of drug-likeness (QED) is 0.667. The summed E-state index contributed by atoms with van der Waals surface area (Å²) in [4.78, 5) is 0. The van der Waals surface area contributed by atoms with Crippen molar-refractivity contribution in [3.05, 3.63) is 0 Å². The maximum atomic E-state index is 8.96. The molecule has 16 heavy (non-hydrogen) atoms. The van der Waals surface area contributed by atoms with Crippen LogP contribution in [0.5, 0.6) is 0 Å². The Hall–Kier alpha value is -0.120. The summed E-state index contributed by atoms with van der Waals surface area (Å²) in [6.07, 6.45) is 5.86. The molecule has 96 valence electrons. The van der Waals surface area contributed by atoms with Crippen LogP contribution in [0, 0.1) is 11.8 Å². The van der Waals surface area contributed by atoms with Crippen LogP contribution in [-0.2, 0) is 4.74 Å². The molecule has 0 aromatic carbocycles. The highest BCUT2D eigenvalue weighted by Gasteiger charge is 2.14. The van der Waals surface area contributed by atoms with Crippen molar-refractivity contribution in [1.29, 1.82) is 0 Å². The molecular weight excluding hydrogens is 202 g/mol. The molecule has 2 N–H and O–H groups in total. The fraction of sp³-hybridized carbons (Fsp3) is 1.00. The molecule has 0 spiro atoms. The lowest BCUT2D eigenvalue weighted by Gasteiger charge is -2.23. The summed E-state index contributed by atoms with van der Waals surface area (Å²) in [6.45, 7) is 6.51. The van der Waals surface area contributed by atoms with Crippen LogP contribution in [0.1, 0.15) is 39.0 Å². The van der Waals surface area contributed by atoms with Crippen molar-refractivity contribution in [3.8, 4) is 0 Å². The van der Waals surface area contributed by atoms with Gasteiger partial charge in [0.2, 0.25) is 0 Å². The minimum Gasteiger partial charge on any atom is -0.396 e. The molecule has 3 heteroatoms. The van der Waals surface area contributed by atoms with Crippen LogP contribution in [0.15, 0.2) is 0 Å². The van der Waals surface area contributed by atoms with Gasteiger partial charge in [-0.2, -0.15) is 0 Å². The first-order valence-corrected chi connectivity index (χ1v) is 6.76. The first kappa shape index (κ1) is 13.9. The molecule has 0 aromatic rings. The van der Waals surface area contributed by atoms with E-state index in [2.05, 4.69) is 12.2 Å². The number of hydrogen-bond acceptors (Lipinski definition) is 3. The molecule has 0 aromatic heterocycles. The second kappa shape index (κ2) is 8.97.